The zero-order valence-electron chi connectivity index (χ0n) is 13.6. The third-order valence-electron chi connectivity index (χ3n) is 3.31. The van der Waals surface area contributed by atoms with Crippen LogP contribution in [0.4, 0.5) is 10.3 Å². The maximum Gasteiger partial charge on any atom is 0.270 e. The van der Waals surface area contributed by atoms with E-state index < -0.39 is 0 Å². The van der Waals surface area contributed by atoms with Gasteiger partial charge in [0.2, 0.25) is 5.95 Å². The summed E-state index contributed by atoms with van der Waals surface area (Å²) < 4.78 is 17.8. The molecule has 2 N–H and O–H groups in total. The molecule has 0 bridgehead atoms. The summed E-state index contributed by atoms with van der Waals surface area (Å²) in [5.74, 6) is -0.101. The summed E-state index contributed by atoms with van der Waals surface area (Å²) in [6.07, 6.45) is 2.99. The van der Waals surface area contributed by atoms with Gasteiger partial charge in [-0.25, -0.2) is 14.4 Å². The fourth-order valence-corrected chi connectivity index (χ4v) is 2.05. The number of methoxy groups -OCH3 is 1. The summed E-state index contributed by atoms with van der Waals surface area (Å²) in [5.41, 5.74) is 1.32. The Morgan fingerprint density at radius 1 is 1.21 bits per heavy atom. The van der Waals surface area contributed by atoms with Gasteiger partial charge in [-0.2, -0.15) is 0 Å². The van der Waals surface area contributed by atoms with Crippen molar-refractivity contribution in [3.8, 4) is 0 Å². The Hall–Kier alpha value is -2.54. The number of carbonyl (C=O) groups is 1. The molecule has 1 aromatic heterocycles. The van der Waals surface area contributed by atoms with Crippen LogP contribution in [0.25, 0.3) is 0 Å². The van der Waals surface area contributed by atoms with Crippen molar-refractivity contribution in [1.29, 1.82) is 0 Å². The van der Waals surface area contributed by atoms with Gasteiger partial charge in [-0.3, -0.25) is 4.79 Å². The molecule has 0 aliphatic rings. The van der Waals surface area contributed by atoms with E-state index in [0.717, 1.165) is 12.0 Å². The zero-order valence-corrected chi connectivity index (χ0v) is 13.6. The molecule has 128 valence electrons. The summed E-state index contributed by atoms with van der Waals surface area (Å²) in [6.45, 7) is 1.72. The van der Waals surface area contributed by atoms with Crippen molar-refractivity contribution in [2.24, 2.45) is 0 Å². The standard InChI is InChI=1S/C17H21FN4O2/c1-24-12-2-9-19-16(23)15-8-11-21-17(22-15)20-10-7-13-3-5-14(18)6-4-13/h3-6,8,11H,2,7,9-10,12H2,1H3,(H,19,23)(H,20,21,22). The quantitative estimate of drug-likeness (QED) is 0.687. The zero-order chi connectivity index (χ0) is 17.2. The van der Waals surface area contributed by atoms with Crippen LogP contribution < -0.4 is 10.6 Å². The van der Waals surface area contributed by atoms with Crippen molar-refractivity contribution in [3.05, 3.63) is 53.6 Å². The molecule has 0 aliphatic carbocycles. The average Bonchev–Trinajstić information content (AvgIpc) is 2.60. The first-order valence-electron chi connectivity index (χ1n) is 7.77. The van der Waals surface area contributed by atoms with Crippen molar-refractivity contribution in [3.63, 3.8) is 0 Å². The first kappa shape index (κ1) is 17.8. The lowest BCUT2D eigenvalue weighted by atomic mass is 10.1. The summed E-state index contributed by atoms with van der Waals surface area (Å²) in [4.78, 5) is 20.3. The number of nitrogens with zero attached hydrogens (tertiary/aromatic N) is 2. The summed E-state index contributed by atoms with van der Waals surface area (Å²) >= 11 is 0. The highest BCUT2D eigenvalue weighted by Gasteiger charge is 2.08. The number of nitrogens with one attached hydrogen (secondary N) is 2. The van der Waals surface area contributed by atoms with E-state index >= 15 is 0 Å². The minimum absolute atomic E-state index is 0.241. The van der Waals surface area contributed by atoms with E-state index in [4.69, 9.17) is 4.74 Å². The minimum Gasteiger partial charge on any atom is -0.385 e. The molecular weight excluding hydrogens is 311 g/mol. The molecule has 0 fully saturated rings. The number of benzene rings is 1. The van der Waals surface area contributed by atoms with E-state index in [0.29, 0.717) is 37.8 Å². The second-order valence-corrected chi connectivity index (χ2v) is 5.17. The molecule has 0 saturated heterocycles. The maximum absolute atomic E-state index is 12.8. The van der Waals surface area contributed by atoms with E-state index in [-0.39, 0.29) is 11.7 Å². The molecule has 2 aromatic rings. The number of aromatic nitrogens is 2. The Bertz CT molecular complexity index is 649. The molecule has 0 unspecified atom stereocenters. The highest BCUT2D eigenvalue weighted by atomic mass is 19.1. The Balaban J connectivity index is 1.81. The normalized spacial score (nSPS) is 10.4. The van der Waals surface area contributed by atoms with Gasteiger partial charge in [0.05, 0.1) is 0 Å². The predicted molar refractivity (Wildman–Crippen MR) is 89.5 cm³/mol. The summed E-state index contributed by atoms with van der Waals surface area (Å²) in [5, 5.41) is 5.84. The molecular formula is C17H21FN4O2. The van der Waals surface area contributed by atoms with Gasteiger partial charge in [-0.1, -0.05) is 12.1 Å². The van der Waals surface area contributed by atoms with Crippen LogP contribution in [-0.2, 0) is 11.2 Å². The van der Waals surface area contributed by atoms with Crippen molar-refractivity contribution in [2.45, 2.75) is 12.8 Å². The molecule has 7 heteroatoms. The second kappa shape index (κ2) is 9.57. The molecule has 0 spiro atoms. The predicted octanol–water partition coefficient (Wildman–Crippen LogP) is 2.04. The van der Waals surface area contributed by atoms with Crippen molar-refractivity contribution < 1.29 is 13.9 Å². The van der Waals surface area contributed by atoms with E-state index in [1.54, 1.807) is 25.3 Å². The molecule has 1 heterocycles. The Labute approximate surface area is 140 Å². The van der Waals surface area contributed by atoms with Gasteiger partial charge in [-0.15, -0.1) is 0 Å². The Morgan fingerprint density at radius 3 is 2.75 bits per heavy atom. The monoisotopic (exact) mass is 332 g/mol. The number of amides is 1. The van der Waals surface area contributed by atoms with E-state index in [1.165, 1.54) is 18.3 Å². The van der Waals surface area contributed by atoms with Gasteiger partial charge in [0.15, 0.2) is 0 Å². The van der Waals surface area contributed by atoms with E-state index in [9.17, 15) is 9.18 Å². The van der Waals surface area contributed by atoms with Crippen molar-refractivity contribution in [2.75, 3.05) is 32.1 Å². The van der Waals surface area contributed by atoms with Crippen LogP contribution >= 0.6 is 0 Å². The number of carbonyl (C=O) groups excluding carboxylic acids is 1. The summed E-state index contributed by atoms with van der Waals surface area (Å²) in [7, 11) is 1.62. The third kappa shape index (κ3) is 5.92. The van der Waals surface area contributed by atoms with Crippen LogP contribution in [0.3, 0.4) is 0 Å². The van der Waals surface area contributed by atoms with Crippen LogP contribution in [-0.4, -0.2) is 42.7 Å². The van der Waals surface area contributed by atoms with Gasteiger partial charge in [0.25, 0.3) is 5.91 Å². The molecule has 0 radical (unpaired) electrons. The number of anilines is 1. The number of ether oxygens (including phenoxy) is 1. The average molecular weight is 332 g/mol. The fourth-order valence-electron chi connectivity index (χ4n) is 2.05. The first-order valence-corrected chi connectivity index (χ1v) is 7.77. The van der Waals surface area contributed by atoms with E-state index in [1.807, 2.05) is 0 Å². The molecule has 2 rings (SSSR count). The van der Waals surface area contributed by atoms with Crippen LogP contribution in [0.5, 0.6) is 0 Å². The lowest BCUT2D eigenvalue weighted by Gasteiger charge is -2.07. The molecule has 24 heavy (non-hydrogen) atoms. The van der Waals surface area contributed by atoms with Gasteiger partial charge in [0.1, 0.15) is 11.5 Å². The smallest absolute Gasteiger partial charge is 0.270 e. The topological polar surface area (TPSA) is 76.1 Å². The van der Waals surface area contributed by atoms with Crippen molar-refractivity contribution >= 4 is 11.9 Å². The highest BCUT2D eigenvalue weighted by molar-refractivity contribution is 5.92. The fraction of sp³-hybridized carbons (Fsp3) is 0.353. The molecule has 0 aliphatic heterocycles. The molecule has 0 saturated carbocycles. The van der Waals surface area contributed by atoms with Crippen molar-refractivity contribution in [1.82, 2.24) is 15.3 Å². The largest absolute Gasteiger partial charge is 0.385 e. The van der Waals surface area contributed by atoms with Crippen LogP contribution in [0.1, 0.15) is 22.5 Å². The molecule has 1 aromatic carbocycles. The van der Waals surface area contributed by atoms with Gasteiger partial charge < -0.3 is 15.4 Å². The first-order chi connectivity index (χ1) is 11.7. The number of hydrogen-bond acceptors (Lipinski definition) is 5. The Kier molecular flexibility index (Phi) is 7.10. The lowest BCUT2D eigenvalue weighted by molar-refractivity contribution is 0.0943. The van der Waals surface area contributed by atoms with Crippen LogP contribution in [0.2, 0.25) is 0 Å². The maximum atomic E-state index is 12.8. The second-order valence-electron chi connectivity index (χ2n) is 5.17. The van der Waals surface area contributed by atoms with Crippen LogP contribution in [0, 0.1) is 5.82 Å². The van der Waals surface area contributed by atoms with Gasteiger partial charge in [0, 0.05) is 33.0 Å². The highest BCUT2D eigenvalue weighted by Crippen LogP contribution is 2.05. The third-order valence-corrected chi connectivity index (χ3v) is 3.31. The molecule has 6 nitrogen and oxygen atoms in total. The number of rotatable bonds is 9. The van der Waals surface area contributed by atoms with Gasteiger partial charge >= 0.3 is 0 Å². The molecule has 1 amide bonds. The van der Waals surface area contributed by atoms with Gasteiger partial charge in [-0.05, 0) is 36.6 Å². The minimum atomic E-state index is -0.251. The number of hydrogen-bond donors (Lipinski definition) is 2. The molecule has 0 atom stereocenters. The van der Waals surface area contributed by atoms with E-state index in [2.05, 4.69) is 20.6 Å². The summed E-state index contributed by atoms with van der Waals surface area (Å²) in [6, 6.07) is 7.90. The Morgan fingerprint density at radius 2 is 2.00 bits per heavy atom. The lowest BCUT2D eigenvalue weighted by Crippen LogP contribution is -2.26. The van der Waals surface area contributed by atoms with Crippen LogP contribution in [0.15, 0.2) is 36.5 Å². The SMILES string of the molecule is COCCCNC(=O)c1ccnc(NCCc2ccc(F)cc2)n1. The number of halogens is 1.